The van der Waals surface area contributed by atoms with Crippen LogP contribution in [0.25, 0.3) is 0 Å². The molecule has 0 amide bonds. The Labute approximate surface area is 78.0 Å². The molecule has 1 fully saturated rings. The Balaban J connectivity index is 2.74. The summed E-state index contributed by atoms with van der Waals surface area (Å²) < 4.78 is 0. The first kappa shape index (κ1) is 10.5. The lowest BCUT2D eigenvalue weighted by atomic mass is 9.78. The van der Waals surface area contributed by atoms with Crippen LogP contribution in [0.3, 0.4) is 0 Å². The predicted octanol–water partition coefficient (Wildman–Crippen LogP) is 0.212. The molecule has 0 aliphatic carbocycles. The van der Waals surface area contributed by atoms with Gasteiger partial charge in [-0.3, -0.25) is 4.79 Å². The van der Waals surface area contributed by atoms with Crippen molar-refractivity contribution >= 4 is 5.97 Å². The molecule has 0 aromatic rings. The summed E-state index contributed by atoms with van der Waals surface area (Å²) in [5.41, 5.74) is -1.68. The average Bonchev–Trinajstić information content (AvgIpc) is 2.33. The van der Waals surface area contributed by atoms with E-state index in [1.165, 1.54) is 0 Å². The van der Waals surface area contributed by atoms with Gasteiger partial charge in [-0.25, -0.2) is 0 Å². The summed E-state index contributed by atoms with van der Waals surface area (Å²) in [5, 5.41) is 21.7. The maximum atomic E-state index is 11.1. The smallest absolute Gasteiger partial charge is 0.311 e. The molecule has 4 nitrogen and oxygen atoms in total. The van der Waals surface area contributed by atoms with Gasteiger partial charge in [0.15, 0.2) is 0 Å². The summed E-state index contributed by atoms with van der Waals surface area (Å²) >= 11 is 0. The van der Waals surface area contributed by atoms with Gasteiger partial charge in [-0.2, -0.15) is 0 Å². The van der Waals surface area contributed by atoms with Crippen molar-refractivity contribution in [2.45, 2.75) is 32.3 Å². The van der Waals surface area contributed by atoms with Crippen LogP contribution in [-0.2, 0) is 4.79 Å². The van der Waals surface area contributed by atoms with Gasteiger partial charge in [-0.15, -0.1) is 0 Å². The molecule has 1 aliphatic rings. The molecule has 0 radical (unpaired) electrons. The van der Waals surface area contributed by atoms with Gasteiger partial charge in [0.2, 0.25) is 0 Å². The third-order valence-electron chi connectivity index (χ3n) is 2.47. The number of aliphatic carboxylic acids is 1. The van der Waals surface area contributed by atoms with Crippen LogP contribution in [-0.4, -0.2) is 34.9 Å². The van der Waals surface area contributed by atoms with Gasteiger partial charge >= 0.3 is 5.97 Å². The Hall–Kier alpha value is -0.610. The molecule has 0 spiro atoms. The molecular weight excluding hydrogens is 170 g/mol. The summed E-state index contributed by atoms with van der Waals surface area (Å²) in [6.45, 7) is 4.49. The van der Waals surface area contributed by atoms with Crippen molar-refractivity contribution in [2.24, 2.45) is 5.41 Å². The van der Waals surface area contributed by atoms with Crippen LogP contribution < -0.4 is 5.32 Å². The van der Waals surface area contributed by atoms with Crippen molar-refractivity contribution < 1.29 is 15.0 Å². The molecule has 0 aromatic heterocycles. The Morgan fingerprint density at radius 3 is 2.54 bits per heavy atom. The van der Waals surface area contributed by atoms with Crippen LogP contribution in [0.5, 0.6) is 0 Å². The summed E-state index contributed by atoms with van der Waals surface area (Å²) in [7, 11) is 0. The highest BCUT2D eigenvalue weighted by Crippen LogP contribution is 2.34. The molecule has 1 aliphatic heterocycles. The van der Waals surface area contributed by atoms with E-state index in [0.717, 1.165) is 6.54 Å². The van der Waals surface area contributed by atoms with E-state index < -0.39 is 17.0 Å². The number of carboxylic acid groups (broad SMARTS) is 1. The second-order valence-electron chi connectivity index (χ2n) is 4.50. The van der Waals surface area contributed by atoms with E-state index in [9.17, 15) is 9.90 Å². The quantitative estimate of drug-likeness (QED) is 0.591. The first-order valence-corrected chi connectivity index (χ1v) is 4.52. The van der Waals surface area contributed by atoms with Gasteiger partial charge in [0.25, 0.3) is 0 Å². The van der Waals surface area contributed by atoms with E-state index in [0.29, 0.717) is 19.4 Å². The maximum absolute atomic E-state index is 11.1. The largest absolute Gasteiger partial charge is 0.481 e. The van der Waals surface area contributed by atoms with Crippen LogP contribution in [0.4, 0.5) is 0 Å². The lowest BCUT2D eigenvalue weighted by Crippen LogP contribution is -2.40. The number of rotatable bonds is 3. The number of nitrogens with one attached hydrogen (secondary N) is 1. The molecule has 3 N–H and O–H groups in total. The van der Waals surface area contributed by atoms with Gasteiger partial charge in [-0.1, -0.05) is 0 Å². The Morgan fingerprint density at radius 1 is 1.62 bits per heavy atom. The van der Waals surface area contributed by atoms with E-state index in [1.807, 2.05) is 0 Å². The first-order valence-electron chi connectivity index (χ1n) is 4.52. The summed E-state index contributed by atoms with van der Waals surface area (Å²) in [4.78, 5) is 11.1. The zero-order chi connectivity index (χ0) is 10.1. The van der Waals surface area contributed by atoms with Crippen molar-refractivity contribution in [1.82, 2.24) is 5.32 Å². The van der Waals surface area contributed by atoms with Crippen molar-refractivity contribution in [3.8, 4) is 0 Å². The van der Waals surface area contributed by atoms with Crippen molar-refractivity contribution in [1.29, 1.82) is 0 Å². The van der Waals surface area contributed by atoms with Gasteiger partial charge in [0.05, 0.1) is 11.0 Å². The summed E-state index contributed by atoms with van der Waals surface area (Å²) in [6.07, 6.45) is 0.911. The SMILES string of the molecule is CC(C)(O)CC1(C(=O)O)CCNC1. The van der Waals surface area contributed by atoms with Crippen LogP contribution in [0.1, 0.15) is 26.7 Å². The van der Waals surface area contributed by atoms with Gasteiger partial charge in [0.1, 0.15) is 0 Å². The van der Waals surface area contributed by atoms with Crippen molar-refractivity contribution in [3.05, 3.63) is 0 Å². The molecule has 13 heavy (non-hydrogen) atoms. The topological polar surface area (TPSA) is 69.6 Å². The molecule has 0 aromatic carbocycles. The van der Waals surface area contributed by atoms with Crippen LogP contribution >= 0.6 is 0 Å². The molecule has 76 valence electrons. The minimum atomic E-state index is -0.912. The van der Waals surface area contributed by atoms with Crippen LogP contribution in [0.2, 0.25) is 0 Å². The van der Waals surface area contributed by atoms with E-state index in [-0.39, 0.29) is 0 Å². The fourth-order valence-electron chi connectivity index (χ4n) is 1.98. The van der Waals surface area contributed by atoms with E-state index in [1.54, 1.807) is 13.8 Å². The Bertz CT molecular complexity index is 201. The minimum absolute atomic E-state index is 0.308. The Morgan fingerprint density at radius 2 is 2.23 bits per heavy atom. The lowest BCUT2D eigenvalue weighted by Gasteiger charge is -2.29. The number of aliphatic hydroxyl groups is 1. The maximum Gasteiger partial charge on any atom is 0.311 e. The van der Waals surface area contributed by atoms with E-state index >= 15 is 0 Å². The second kappa shape index (κ2) is 3.27. The van der Waals surface area contributed by atoms with Gasteiger partial charge in [-0.05, 0) is 33.2 Å². The molecule has 1 heterocycles. The van der Waals surface area contributed by atoms with Crippen LogP contribution in [0, 0.1) is 5.41 Å². The highest BCUT2D eigenvalue weighted by Gasteiger charge is 2.44. The first-order chi connectivity index (χ1) is 5.86. The highest BCUT2D eigenvalue weighted by atomic mass is 16.4. The van der Waals surface area contributed by atoms with E-state index in [2.05, 4.69) is 5.32 Å². The third kappa shape index (κ3) is 2.42. The average molecular weight is 187 g/mol. The molecule has 1 unspecified atom stereocenters. The molecule has 0 saturated carbocycles. The van der Waals surface area contributed by atoms with E-state index in [4.69, 9.17) is 5.11 Å². The standard InChI is InChI=1S/C9H17NO3/c1-8(2,13)5-9(7(11)12)3-4-10-6-9/h10,13H,3-6H2,1-2H3,(H,11,12). The minimum Gasteiger partial charge on any atom is -0.481 e. The van der Waals surface area contributed by atoms with Crippen molar-refractivity contribution in [3.63, 3.8) is 0 Å². The molecule has 1 rings (SSSR count). The van der Waals surface area contributed by atoms with Gasteiger partial charge in [0, 0.05) is 6.54 Å². The fraction of sp³-hybridized carbons (Fsp3) is 0.889. The highest BCUT2D eigenvalue weighted by molar-refractivity contribution is 5.75. The monoisotopic (exact) mass is 187 g/mol. The van der Waals surface area contributed by atoms with Gasteiger partial charge < -0.3 is 15.5 Å². The predicted molar refractivity (Wildman–Crippen MR) is 48.5 cm³/mol. The molecule has 0 bridgehead atoms. The fourth-order valence-corrected chi connectivity index (χ4v) is 1.98. The van der Waals surface area contributed by atoms with Crippen molar-refractivity contribution in [2.75, 3.05) is 13.1 Å². The molecule has 1 saturated heterocycles. The van der Waals surface area contributed by atoms with Crippen LogP contribution in [0.15, 0.2) is 0 Å². The molecular formula is C9H17NO3. The second-order valence-corrected chi connectivity index (χ2v) is 4.50. The number of carbonyl (C=O) groups is 1. The summed E-state index contributed by atoms with van der Waals surface area (Å²) in [6, 6.07) is 0. The number of hydrogen-bond donors (Lipinski definition) is 3. The molecule has 1 atom stereocenters. The zero-order valence-corrected chi connectivity index (χ0v) is 8.13. The third-order valence-corrected chi connectivity index (χ3v) is 2.47. The zero-order valence-electron chi connectivity index (χ0n) is 8.13. The molecule has 4 heteroatoms. The Kier molecular flexibility index (Phi) is 2.63. The lowest BCUT2D eigenvalue weighted by molar-refractivity contribution is -0.151. The number of carboxylic acids is 1. The normalized spacial score (nSPS) is 29.2. The number of hydrogen-bond acceptors (Lipinski definition) is 3. The summed E-state index contributed by atoms with van der Waals surface area (Å²) in [5.74, 6) is -0.806.